The molecule has 8 heteroatoms. The summed E-state index contributed by atoms with van der Waals surface area (Å²) in [5, 5.41) is 10.7. The van der Waals surface area contributed by atoms with Gasteiger partial charge in [-0.3, -0.25) is 10.4 Å². The predicted molar refractivity (Wildman–Crippen MR) is 115 cm³/mol. The molecule has 0 unspecified atom stereocenters. The first-order valence-electron chi connectivity index (χ1n) is 9.38. The lowest BCUT2D eigenvalue weighted by atomic mass is 10.1. The first kappa shape index (κ1) is 19.1. The lowest BCUT2D eigenvalue weighted by Crippen LogP contribution is -2.50. The van der Waals surface area contributed by atoms with Gasteiger partial charge in [-0.15, -0.1) is 0 Å². The molecule has 0 bridgehead atoms. The van der Waals surface area contributed by atoms with Gasteiger partial charge in [0.25, 0.3) is 0 Å². The maximum absolute atomic E-state index is 12.6. The highest BCUT2D eigenvalue weighted by molar-refractivity contribution is 6.30. The largest absolute Gasteiger partial charge is 0.497 e. The number of nitrogens with one attached hydrogen (secondary N) is 2. The number of halogens is 1. The Hall–Kier alpha value is -3.19. The smallest absolute Gasteiger partial charge is 0.323 e. The fourth-order valence-electron chi connectivity index (χ4n) is 3.33. The van der Waals surface area contributed by atoms with Crippen molar-refractivity contribution in [1.29, 1.82) is 0 Å². The molecule has 2 amide bonds. The number of hydrogen-bond donors (Lipinski definition) is 2. The van der Waals surface area contributed by atoms with E-state index in [4.69, 9.17) is 16.3 Å². The summed E-state index contributed by atoms with van der Waals surface area (Å²) >= 11 is 6.08. The summed E-state index contributed by atoms with van der Waals surface area (Å²) in [6, 6.07) is 17.1. The molecule has 1 aromatic heterocycles. The van der Waals surface area contributed by atoms with Crippen molar-refractivity contribution in [3.05, 3.63) is 59.6 Å². The molecule has 1 aliphatic heterocycles. The van der Waals surface area contributed by atoms with E-state index in [2.05, 4.69) is 20.4 Å². The van der Waals surface area contributed by atoms with E-state index in [0.717, 1.165) is 35.8 Å². The minimum absolute atomic E-state index is 0.150. The summed E-state index contributed by atoms with van der Waals surface area (Å²) < 4.78 is 5.17. The highest BCUT2D eigenvalue weighted by Crippen LogP contribution is 2.23. The number of H-pyrrole nitrogens is 1. The number of ether oxygens (including phenoxy) is 1. The van der Waals surface area contributed by atoms with Crippen LogP contribution in [0.5, 0.6) is 5.75 Å². The molecule has 2 aromatic carbocycles. The maximum Gasteiger partial charge on any atom is 0.323 e. The highest BCUT2D eigenvalue weighted by atomic mass is 35.5. The van der Waals surface area contributed by atoms with E-state index < -0.39 is 0 Å². The van der Waals surface area contributed by atoms with Gasteiger partial charge in [0.2, 0.25) is 0 Å². The first-order valence-corrected chi connectivity index (χ1v) is 9.76. The molecule has 1 aliphatic rings. The predicted octanol–water partition coefficient (Wildman–Crippen LogP) is 4.09. The number of hydrogen-bond acceptors (Lipinski definition) is 4. The highest BCUT2D eigenvalue weighted by Gasteiger charge is 2.22. The molecule has 0 radical (unpaired) electrons. The maximum atomic E-state index is 12.6. The van der Waals surface area contributed by atoms with Crippen molar-refractivity contribution in [3.8, 4) is 17.0 Å². The molecular formula is C21H22ClN5O2. The molecule has 4 rings (SSSR count). The van der Waals surface area contributed by atoms with Gasteiger partial charge in [-0.2, -0.15) is 5.10 Å². The van der Waals surface area contributed by atoms with Crippen LogP contribution in [0.2, 0.25) is 5.02 Å². The number of anilines is 2. The average molecular weight is 412 g/mol. The quantitative estimate of drug-likeness (QED) is 0.678. The van der Waals surface area contributed by atoms with Crippen molar-refractivity contribution in [3.63, 3.8) is 0 Å². The molecule has 150 valence electrons. The van der Waals surface area contributed by atoms with E-state index in [1.807, 2.05) is 54.6 Å². The van der Waals surface area contributed by atoms with Gasteiger partial charge in [0, 0.05) is 43.0 Å². The third kappa shape index (κ3) is 4.46. The first-order chi connectivity index (χ1) is 14.1. The van der Waals surface area contributed by atoms with Crippen LogP contribution in [0.3, 0.4) is 0 Å². The third-order valence-electron chi connectivity index (χ3n) is 4.95. The Balaban J connectivity index is 1.34. The molecule has 1 fully saturated rings. The monoisotopic (exact) mass is 411 g/mol. The van der Waals surface area contributed by atoms with Gasteiger partial charge >= 0.3 is 6.03 Å². The molecule has 2 heterocycles. The Bertz CT molecular complexity index is 981. The summed E-state index contributed by atoms with van der Waals surface area (Å²) in [5.41, 5.74) is 2.87. The third-order valence-corrected chi connectivity index (χ3v) is 5.19. The summed E-state index contributed by atoms with van der Waals surface area (Å²) in [6.45, 7) is 2.78. The summed E-state index contributed by atoms with van der Waals surface area (Å²) in [4.78, 5) is 16.6. The molecule has 3 aromatic rings. The van der Waals surface area contributed by atoms with Crippen LogP contribution >= 0.6 is 11.6 Å². The second-order valence-corrected chi connectivity index (χ2v) is 7.22. The van der Waals surface area contributed by atoms with Crippen LogP contribution in [0.4, 0.5) is 16.3 Å². The van der Waals surface area contributed by atoms with Gasteiger partial charge in [-0.25, -0.2) is 4.79 Å². The number of carbonyl (C=O) groups is 1. The van der Waals surface area contributed by atoms with E-state index >= 15 is 0 Å². The van der Waals surface area contributed by atoms with Gasteiger partial charge in [0.1, 0.15) is 5.75 Å². The van der Waals surface area contributed by atoms with Crippen LogP contribution < -0.4 is 15.0 Å². The van der Waals surface area contributed by atoms with Gasteiger partial charge in [0.05, 0.1) is 12.8 Å². The van der Waals surface area contributed by atoms with Crippen LogP contribution in [-0.2, 0) is 0 Å². The van der Waals surface area contributed by atoms with E-state index in [9.17, 15) is 4.79 Å². The van der Waals surface area contributed by atoms with Crippen molar-refractivity contribution < 1.29 is 9.53 Å². The zero-order valence-electron chi connectivity index (χ0n) is 16.1. The lowest BCUT2D eigenvalue weighted by Gasteiger charge is -2.36. The van der Waals surface area contributed by atoms with Crippen molar-refractivity contribution in [2.24, 2.45) is 0 Å². The fourth-order valence-corrected chi connectivity index (χ4v) is 3.52. The average Bonchev–Trinajstić information content (AvgIpc) is 3.22. The number of piperazine rings is 1. The fraction of sp³-hybridized carbons (Fsp3) is 0.238. The zero-order valence-corrected chi connectivity index (χ0v) is 16.8. The minimum atomic E-state index is -0.150. The molecule has 7 nitrogen and oxygen atoms in total. The number of rotatable bonds is 4. The molecule has 2 N–H and O–H groups in total. The van der Waals surface area contributed by atoms with E-state index in [-0.39, 0.29) is 6.03 Å². The molecule has 0 spiro atoms. The number of carbonyl (C=O) groups excluding carboxylic acids is 1. The Labute approximate surface area is 174 Å². The lowest BCUT2D eigenvalue weighted by molar-refractivity contribution is 0.208. The number of methoxy groups -OCH3 is 1. The number of nitrogens with zero attached hydrogens (tertiary/aromatic N) is 3. The van der Waals surface area contributed by atoms with Crippen LogP contribution in [0.25, 0.3) is 11.3 Å². The van der Waals surface area contributed by atoms with Crippen LogP contribution in [-0.4, -0.2) is 54.4 Å². The van der Waals surface area contributed by atoms with E-state index in [0.29, 0.717) is 23.9 Å². The SMILES string of the molecule is COc1ccc(-c2cc(NC(=O)N3CCN(c4cccc(Cl)c4)CC3)n[nH]2)cc1. The topological polar surface area (TPSA) is 73.5 Å². The van der Waals surface area contributed by atoms with Gasteiger partial charge < -0.3 is 14.5 Å². The Morgan fingerprint density at radius 1 is 1.10 bits per heavy atom. The zero-order chi connectivity index (χ0) is 20.2. The summed E-state index contributed by atoms with van der Waals surface area (Å²) in [5.74, 6) is 1.29. The number of urea groups is 1. The molecule has 29 heavy (non-hydrogen) atoms. The number of benzene rings is 2. The number of aromatic amines is 1. The Kier molecular flexibility index (Phi) is 5.57. The van der Waals surface area contributed by atoms with Gasteiger partial charge in [-0.1, -0.05) is 17.7 Å². The van der Waals surface area contributed by atoms with Crippen LogP contribution in [0, 0.1) is 0 Å². The second kappa shape index (κ2) is 8.45. The number of aromatic nitrogens is 2. The second-order valence-electron chi connectivity index (χ2n) is 6.78. The van der Waals surface area contributed by atoms with Crippen LogP contribution in [0.15, 0.2) is 54.6 Å². The standard InChI is InChI=1S/C21H22ClN5O2/c1-29-18-7-5-15(6-8-18)19-14-20(25-24-19)23-21(28)27-11-9-26(10-12-27)17-4-2-3-16(22)13-17/h2-8,13-14H,9-12H2,1H3,(H2,23,24,25,28). The van der Waals surface area contributed by atoms with Crippen molar-refractivity contribution in [1.82, 2.24) is 15.1 Å². The van der Waals surface area contributed by atoms with Crippen molar-refractivity contribution in [2.45, 2.75) is 0 Å². The number of amides is 2. The summed E-state index contributed by atoms with van der Waals surface area (Å²) in [7, 11) is 1.63. The molecular weight excluding hydrogens is 390 g/mol. The van der Waals surface area contributed by atoms with E-state index in [1.165, 1.54) is 0 Å². The molecule has 1 saturated heterocycles. The Morgan fingerprint density at radius 2 is 1.86 bits per heavy atom. The Morgan fingerprint density at radius 3 is 2.55 bits per heavy atom. The molecule has 0 aliphatic carbocycles. The van der Waals surface area contributed by atoms with Gasteiger partial charge in [-0.05, 0) is 48.0 Å². The molecule has 0 atom stereocenters. The van der Waals surface area contributed by atoms with Crippen molar-refractivity contribution >= 4 is 29.1 Å². The summed E-state index contributed by atoms with van der Waals surface area (Å²) in [6.07, 6.45) is 0. The van der Waals surface area contributed by atoms with Crippen LogP contribution in [0.1, 0.15) is 0 Å². The van der Waals surface area contributed by atoms with Gasteiger partial charge in [0.15, 0.2) is 5.82 Å². The van der Waals surface area contributed by atoms with E-state index in [1.54, 1.807) is 12.0 Å². The molecule has 0 saturated carbocycles. The normalized spacial score (nSPS) is 14.0. The van der Waals surface area contributed by atoms with Crippen molar-refractivity contribution in [2.75, 3.05) is 43.5 Å². The minimum Gasteiger partial charge on any atom is -0.497 e.